The zero-order valence-electron chi connectivity index (χ0n) is 20.2. The highest BCUT2D eigenvalue weighted by Gasteiger charge is 2.50. The highest BCUT2D eigenvalue weighted by atomic mass is 16.6. The van der Waals surface area contributed by atoms with Gasteiger partial charge in [0, 0.05) is 20.1 Å². The Kier molecular flexibility index (Phi) is 8.78. The summed E-state index contributed by atoms with van der Waals surface area (Å²) in [7, 11) is 3.20. The van der Waals surface area contributed by atoms with Crippen LogP contribution in [0.3, 0.4) is 0 Å². The molecular formula is C24H37NO7. The number of carboxylic acid groups (broad SMARTS) is 1. The van der Waals surface area contributed by atoms with Gasteiger partial charge in [0.25, 0.3) is 0 Å². The first kappa shape index (κ1) is 25.8. The zero-order chi connectivity index (χ0) is 24.1. The van der Waals surface area contributed by atoms with Gasteiger partial charge in [0.1, 0.15) is 11.6 Å². The number of carbonyl (C=O) groups is 2. The molecule has 1 amide bonds. The summed E-state index contributed by atoms with van der Waals surface area (Å²) in [5.74, 6) is 0.185. The van der Waals surface area contributed by atoms with Crippen LogP contribution in [0.5, 0.6) is 11.5 Å². The number of aliphatic carboxylic acids is 1. The first-order valence-corrected chi connectivity index (χ1v) is 11.0. The van der Waals surface area contributed by atoms with Crippen molar-refractivity contribution >= 4 is 12.1 Å². The van der Waals surface area contributed by atoms with E-state index in [1.165, 1.54) is 4.90 Å². The second-order valence-electron chi connectivity index (χ2n) is 9.44. The number of carboxylic acids is 1. The topological polar surface area (TPSA) is 94.5 Å². The van der Waals surface area contributed by atoms with Crippen LogP contribution < -0.4 is 9.47 Å². The Morgan fingerprint density at radius 2 is 1.84 bits per heavy atom. The van der Waals surface area contributed by atoms with E-state index in [2.05, 4.69) is 0 Å². The summed E-state index contributed by atoms with van der Waals surface area (Å²) in [6.45, 7) is 10.4. The first-order chi connectivity index (χ1) is 15.0. The largest absolute Gasteiger partial charge is 0.493 e. The van der Waals surface area contributed by atoms with Crippen LogP contribution in [0.25, 0.3) is 0 Å². The SMILES string of the molecule is COCCCOc1cc([C@@H]2C(C(C)C)C[C@H](C(=O)O)N2C(=O)OC(C)(C)C)ccc1OC. The fourth-order valence-corrected chi connectivity index (χ4v) is 4.10. The number of amides is 1. The van der Waals surface area contributed by atoms with Gasteiger partial charge in [-0.2, -0.15) is 0 Å². The third kappa shape index (κ3) is 6.28. The summed E-state index contributed by atoms with van der Waals surface area (Å²) in [5.41, 5.74) is 0.0525. The van der Waals surface area contributed by atoms with Crippen LogP contribution in [-0.2, 0) is 14.3 Å². The molecule has 0 aliphatic carbocycles. The minimum absolute atomic E-state index is 0.0571. The van der Waals surface area contributed by atoms with E-state index < -0.39 is 29.7 Å². The molecule has 8 nitrogen and oxygen atoms in total. The standard InChI is InChI=1S/C24H37NO7/c1-15(2)17-14-18(22(26)27)25(23(28)32-24(3,4)5)21(17)16-9-10-19(30-7)20(13-16)31-12-8-11-29-6/h9-10,13,15,17-18,21H,8,11-12,14H2,1-7H3,(H,26,27)/t17?,18-,21-/m1/s1. The number of benzene rings is 1. The van der Waals surface area contributed by atoms with Crippen LogP contribution in [0.2, 0.25) is 0 Å². The maximum atomic E-state index is 13.2. The number of rotatable bonds is 9. The van der Waals surface area contributed by atoms with Gasteiger partial charge in [-0.3, -0.25) is 4.90 Å². The minimum Gasteiger partial charge on any atom is -0.493 e. The number of carbonyl (C=O) groups excluding carboxylic acids is 1. The molecule has 8 heteroatoms. The number of likely N-dealkylation sites (tertiary alicyclic amines) is 1. The van der Waals surface area contributed by atoms with Crippen LogP contribution in [0, 0.1) is 11.8 Å². The molecule has 0 bridgehead atoms. The van der Waals surface area contributed by atoms with Crippen LogP contribution in [0.4, 0.5) is 4.79 Å². The van der Waals surface area contributed by atoms with E-state index in [0.717, 1.165) is 5.56 Å². The van der Waals surface area contributed by atoms with E-state index in [0.29, 0.717) is 37.6 Å². The lowest BCUT2D eigenvalue weighted by atomic mass is 9.84. The summed E-state index contributed by atoms with van der Waals surface area (Å²) in [4.78, 5) is 26.6. The van der Waals surface area contributed by atoms with Gasteiger partial charge in [0.2, 0.25) is 0 Å². The fourth-order valence-electron chi connectivity index (χ4n) is 4.10. The van der Waals surface area contributed by atoms with Crippen molar-refractivity contribution in [3.8, 4) is 11.5 Å². The maximum absolute atomic E-state index is 13.2. The average molecular weight is 452 g/mol. The Balaban J connectivity index is 2.48. The molecule has 1 unspecified atom stereocenters. The Morgan fingerprint density at radius 1 is 1.16 bits per heavy atom. The molecule has 1 aromatic carbocycles. The summed E-state index contributed by atoms with van der Waals surface area (Å²) in [6, 6.07) is 4.07. The smallest absolute Gasteiger partial charge is 0.411 e. The van der Waals surface area contributed by atoms with Crippen LogP contribution >= 0.6 is 0 Å². The second kappa shape index (κ2) is 10.9. The van der Waals surface area contributed by atoms with E-state index >= 15 is 0 Å². The molecule has 1 N–H and O–H groups in total. The van der Waals surface area contributed by atoms with Crippen molar-refractivity contribution in [1.82, 2.24) is 4.90 Å². The lowest BCUT2D eigenvalue weighted by Gasteiger charge is -2.33. The number of hydrogen-bond donors (Lipinski definition) is 1. The monoisotopic (exact) mass is 451 g/mol. The van der Waals surface area contributed by atoms with Gasteiger partial charge < -0.3 is 24.1 Å². The van der Waals surface area contributed by atoms with Gasteiger partial charge in [-0.25, -0.2) is 9.59 Å². The molecule has 3 atom stereocenters. The van der Waals surface area contributed by atoms with Crippen molar-refractivity contribution in [3.05, 3.63) is 23.8 Å². The van der Waals surface area contributed by atoms with Gasteiger partial charge in [0.15, 0.2) is 11.5 Å². The molecule has 1 aliphatic rings. The lowest BCUT2D eigenvalue weighted by molar-refractivity contribution is -0.142. The molecule has 32 heavy (non-hydrogen) atoms. The van der Waals surface area contributed by atoms with Crippen molar-refractivity contribution < 1.29 is 33.6 Å². The molecule has 0 aromatic heterocycles. The maximum Gasteiger partial charge on any atom is 0.411 e. The van der Waals surface area contributed by atoms with E-state index in [4.69, 9.17) is 18.9 Å². The van der Waals surface area contributed by atoms with Gasteiger partial charge in [0.05, 0.1) is 19.8 Å². The number of methoxy groups -OCH3 is 2. The summed E-state index contributed by atoms with van der Waals surface area (Å²) < 4.78 is 22.0. The van der Waals surface area contributed by atoms with Crippen molar-refractivity contribution in [2.24, 2.45) is 11.8 Å². The molecule has 1 fully saturated rings. The summed E-state index contributed by atoms with van der Waals surface area (Å²) >= 11 is 0. The molecule has 0 saturated carbocycles. The molecule has 1 saturated heterocycles. The molecule has 2 rings (SSSR count). The average Bonchev–Trinajstić information content (AvgIpc) is 3.11. The second-order valence-corrected chi connectivity index (χ2v) is 9.44. The molecule has 0 radical (unpaired) electrons. The van der Waals surface area contributed by atoms with Crippen LogP contribution in [-0.4, -0.2) is 61.1 Å². The molecule has 180 valence electrons. The van der Waals surface area contributed by atoms with E-state index in [9.17, 15) is 14.7 Å². The van der Waals surface area contributed by atoms with Gasteiger partial charge >= 0.3 is 12.1 Å². The molecule has 0 spiro atoms. The van der Waals surface area contributed by atoms with E-state index in [1.54, 1.807) is 41.1 Å². The predicted octanol–water partition coefficient (Wildman–Crippen LogP) is 4.52. The molecule has 1 aromatic rings. The molecular weight excluding hydrogens is 414 g/mol. The lowest BCUT2D eigenvalue weighted by Crippen LogP contribution is -2.44. The van der Waals surface area contributed by atoms with Crippen LogP contribution in [0.15, 0.2) is 18.2 Å². The first-order valence-electron chi connectivity index (χ1n) is 11.0. The van der Waals surface area contributed by atoms with E-state index in [1.807, 2.05) is 26.0 Å². The quantitative estimate of drug-likeness (QED) is 0.552. The third-order valence-corrected chi connectivity index (χ3v) is 5.56. The van der Waals surface area contributed by atoms with Crippen LogP contribution in [0.1, 0.15) is 59.1 Å². The Morgan fingerprint density at radius 3 is 2.38 bits per heavy atom. The highest BCUT2D eigenvalue weighted by Crippen LogP contribution is 2.47. The Labute approximate surface area is 190 Å². The summed E-state index contributed by atoms with van der Waals surface area (Å²) in [5, 5.41) is 9.89. The normalized spacial score (nSPS) is 21.0. The third-order valence-electron chi connectivity index (χ3n) is 5.56. The highest BCUT2D eigenvalue weighted by molar-refractivity contribution is 5.81. The zero-order valence-corrected chi connectivity index (χ0v) is 20.2. The van der Waals surface area contributed by atoms with Gasteiger partial charge in [-0.1, -0.05) is 19.9 Å². The van der Waals surface area contributed by atoms with Gasteiger partial charge in [-0.15, -0.1) is 0 Å². The van der Waals surface area contributed by atoms with Crippen molar-refractivity contribution in [2.45, 2.75) is 65.1 Å². The number of ether oxygens (including phenoxy) is 4. The minimum atomic E-state index is -1.03. The molecule has 1 aliphatic heterocycles. The predicted molar refractivity (Wildman–Crippen MR) is 120 cm³/mol. The van der Waals surface area contributed by atoms with Crippen molar-refractivity contribution in [1.29, 1.82) is 0 Å². The Hall–Kier alpha value is -2.48. The Bertz CT molecular complexity index is 787. The fraction of sp³-hybridized carbons (Fsp3) is 0.667. The van der Waals surface area contributed by atoms with Crippen molar-refractivity contribution in [3.63, 3.8) is 0 Å². The van der Waals surface area contributed by atoms with E-state index in [-0.39, 0.29) is 11.8 Å². The number of hydrogen-bond acceptors (Lipinski definition) is 6. The van der Waals surface area contributed by atoms with Crippen molar-refractivity contribution in [2.75, 3.05) is 27.4 Å². The number of nitrogens with zero attached hydrogens (tertiary/aromatic N) is 1. The van der Waals surface area contributed by atoms with Gasteiger partial charge in [-0.05, 0) is 56.7 Å². The summed E-state index contributed by atoms with van der Waals surface area (Å²) in [6.07, 6.45) is 0.441. The molecule has 1 heterocycles.